The molecule has 0 heterocycles. The Bertz CT molecular complexity index is 1130. The predicted octanol–water partition coefficient (Wildman–Crippen LogP) is 5.31. The van der Waals surface area contributed by atoms with E-state index in [1.165, 1.54) is 7.11 Å². The van der Waals surface area contributed by atoms with Crippen LogP contribution in [0.4, 0.5) is 5.69 Å². The second-order valence-electron chi connectivity index (χ2n) is 7.32. The van der Waals surface area contributed by atoms with Gasteiger partial charge in [0.25, 0.3) is 0 Å². The van der Waals surface area contributed by atoms with Crippen LogP contribution in [0.1, 0.15) is 34.7 Å². The summed E-state index contributed by atoms with van der Waals surface area (Å²) >= 11 is 5.94. The van der Waals surface area contributed by atoms with Crippen molar-refractivity contribution in [1.82, 2.24) is 0 Å². The van der Waals surface area contributed by atoms with E-state index < -0.39 is 5.92 Å². The Hall–Kier alpha value is -3.64. The van der Waals surface area contributed by atoms with Gasteiger partial charge in [-0.3, -0.25) is 14.4 Å². The van der Waals surface area contributed by atoms with Crippen LogP contribution in [0.2, 0.25) is 5.02 Å². The quantitative estimate of drug-likeness (QED) is 0.324. The molecule has 0 bridgehead atoms. The zero-order valence-electron chi connectivity index (χ0n) is 18.3. The van der Waals surface area contributed by atoms with Crippen LogP contribution in [0.25, 0.3) is 0 Å². The molecule has 6 nitrogen and oxygen atoms in total. The smallest absolute Gasteiger partial charge is 0.224 e. The summed E-state index contributed by atoms with van der Waals surface area (Å²) in [6.45, 7) is 0. The van der Waals surface area contributed by atoms with Gasteiger partial charge in [-0.05, 0) is 60.2 Å². The number of rotatable bonds is 10. The van der Waals surface area contributed by atoms with Gasteiger partial charge in [-0.15, -0.1) is 0 Å². The second-order valence-corrected chi connectivity index (χ2v) is 7.76. The summed E-state index contributed by atoms with van der Waals surface area (Å²) in [5, 5.41) is 3.21. The van der Waals surface area contributed by atoms with Crippen LogP contribution >= 0.6 is 11.6 Å². The van der Waals surface area contributed by atoms with Crippen molar-refractivity contribution in [2.24, 2.45) is 0 Å². The maximum atomic E-state index is 13.3. The average molecular weight is 466 g/mol. The summed E-state index contributed by atoms with van der Waals surface area (Å²) in [5.74, 6) is -0.844. The standard InChI is InChI=1S/C26H24ClNO5/c1-32-21-10-6-17(7-11-21)25(26(31)18-8-12-22(33-2)13-9-18)23(29)14-15-24(30)28-20-5-3-4-19(27)16-20/h3-13,16,25H,14-15H2,1-2H3,(H,28,30)/t25-/m1/s1. The first-order chi connectivity index (χ1) is 15.9. The van der Waals surface area contributed by atoms with E-state index in [-0.39, 0.29) is 30.3 Å². The number of ketones is 2. The topological polar surface area (TPSA) is 81.7 Å². The number of amides is 1. The Balaban J connectivity index is 1.77. The molecule has 0 fully saturated rings. The number of hydrogen-bond acceptors (Lipinski definition) is 5. The molecule has 0 aliphatic heterocycles. The maximum Gasteiger partial charge on any atom is 0.224 e. The molecule has 0 saturated carbocycles. The van der Waals surface area contributed by atoms with Crippen molar-refractivity contribution in [3.8, 4) is 11.5 Å². The van der Waals surface area contributed by atoms with Gasteiger partial charge in [-0.1, -0.05) is 29.8 Å². The van der Waals surface area contributed by atoms with Gasteiger partial charge < -0.3 is 14.8 Å². The third kappa shape index (κ3) is 6.43. The van der Waals surface area contributed by atoms with Gasteiger partial charge in [0.05, 0.1) is 14.2 Å². The number of nitrogens with one attached hydrogen (secondary N) is 1. The monoisotopic (exact) mass is 465 g/mol. The van der Waals surface area contributed by atoms with E-state index >= 15 is 0 Å². The van der Waals surface area contributed by atoms with E-state index in [9.17, 15) is 14.4 Å². The van der Waals surface area contributed by atoms with Gasteiger partial charge in [0.1, 0.15) is 23.2 Å². The Morgan fingerprint density at radius 3 is 2.03 bits per heavy atom. The highest BCUT2D eigenvalue weighted by Gasteiger charge is 2.29. The van der Waals surface area contributed by atoms with Crippen LogP contribution in [0, 0.1) is 0 Å². The number of carbonyl (C=O) groups excluding carboxylic acids is 3. The molecule has 0 spiro atoms. The first-order valence-corrected chi connectivity index (χ1v) is 10.7. The second kappa shape index (κ2) is 11.3. The fourth-order valence-corrected chi connectivity index (χ4v) is 3.56. The van der Waals surface area contributed by atoms with Crippen LogP contribution in [-0.4, -0.2) is 31.7 Å². The lowest BCUT2D eigenvalue weighted by atomic mass is 9.85. The van der Waals surface area contributed by atoms with Crippen molar-refractivity contribution in [3.63, 3.8) is 0 Å². The third-order valence-corrected chi connectivity index (χ3v) is 5.35. The van der Waals surface area contributed by atoms with E-state index in [0.29, 0.717) is 33.3 Å². The van der Waals surface area contributed by atoms with E-state index in [0.717, 1.165) is 0 Å². The molecule has 0 saturated heterocycles. The van der Waals surface area contributed by atoms with Gasteiger partial charge in [-0.2, -0.15) is 0 Å². The van der Waals surface area contributed by atoms with Gasteiger partial charge in [0.15, 0.2) is 5.78 Å². The summed E-state index contributed by atoms with van der Waals surface area (Å²) in [6.07, 6.45) is -0.154. The molecule has 0 aliphatic rings. The molecule has 0 aliphatic carbocycles. The zero-order chi connectivity index (χ0) is 23.8. The molecular formula is C26H24ClNO5. The zero-order valence-corrected chi connectivity index (χ0v) is 19.1. The molecule has 1 N–H and O–H groups in total. The molecule has 3 aromatic carbocycles. The summed E-state index contributed by atoms with van der Waals surface area (Å²) in [5.41, 5.74) is 1.46. The van der Waals surface area contributed by atoms with Gasteiger partial charge in [-0.25, -0.2) is 0 Å². The lowest BCUT2D eigenvalue weighted by molar-refractivity contribution is -0.123. The fraction of sp³-hybridized carbons (Fsp3) is 0.192. The highest BCUT2D eigenvalue weighted by molar-refractivity contribution is 6.30. The van der Waals surface area contributed by atoms with Crippen molar-refractivity contribution >= 4 is 34.8 Å². The number of hydrogen-bond donors (Lipinski definition) is 1. The largest absolute Gasteiger partial charge is 0.497 e. The van der Waals surface area contributed by atoms with Crippen LogP contribution in [0.3, 0.4) is 0 Å². The Morgan fingerprint density at radius 2 is 1.45 bits per heavy atom. The molecule has 0 unspecified atom stereocenters. The van der Waals surface area contributed by atoms with Crippen molar-refractivity contribution in [1.29, 1.82) is 0 Å². The molecule has 3 rings (SSSR count). The summed E-state index contributed by atoms with van der Waals surface area (Å²) < 4.78 is 10.3. The van der Waals surface area contributed by atoms with E-state index in [1.54, 1.807) is 79.9 Å². The van der Waals surface area contributed by atoms with Gasteiger partial charge in [0.2, 0.25) is 5.91 Å². The molecule has 1 amide bonds. The summed E-state index contributed by atoms with van der Waals surface area (Å²) in [6, 6.07) is 20.1. The van der Waals surface area contributed by atoms with Crippen molar-refractivity contribution in [3.05, 3.63) is 88.9 Å². The maximum absolute atomic E-state index is 13.3. The normalized spacial score (nSPS) is 11.4. The molecule has 3 aromatic rings. The first-order valence-electron chi connectivity index (χ1n) is 10.3. The summed E-state index contributed by atoms with van der Waals surface area (Å²) in [4.78, 5) is 38.8. The van der Waals surface area contributed by atoms with Crippen LogP contribution in [-0.2, 0) is 9.59 Å². The number of ether oxygens (including phenoxy) is 2. The van der Waals surface area contributed by atoms with Crippen LogP contribution < -0.4 is 14.8 Å². The number of Topliss-reactive ketones (excluding diaryl/α,β-unsaturated/α-hetero) is 2. The molecule has 170 valence electrons. The van der Waals surface area contributed by atoms with E-state index in [1.807, 2.05) is 0 Å². The Kier molecular flexibility index (Phi) is 8.22. The SMILES string of the molecule is COc1ccc(C(=O)[C@@H](C(=O)CCC(=O)Nc2cccc(Cl)c2)c2ccc(OC)cc2)cc1. The number of anilines is 1. The van der Waals surface area contributed by atoms with Crippen LogP contribution in [0.5, 0.6) is 11.5 Å². The summed E-state index contributed by atoms with van der Waals surface area (Å²) in [7, 11) is 3.08. The minimum absolute atomic E-state index is 0.0616. The minimum atomic E-state index is -1.04. The molecule has 0 aromatic heterocycles. The Labute approximate surface area is 197 Å². The first kappa shape index (κ1) is 24.0. The third-order valence-electron chi connectivity index (χ3n) is 5.11. The van der Waals surface area contributed by atoms with E-state index in [2.05, 4.69) is 5.32 Å². The predicted molar refractivity (Wildman–Crippen MR) is 127 cm³/mol. The number of benzene rings is 3. The molecule has 33 heavy (non-hydrogen) atoms. The highest BCUT2D eigenvalue weighted by atomic mass is 35.5. The number of halogens is 1. The number of carbonyl (C=O) groups is 3. The van der Waals surface area contributed by atoms with Crippen molar-refractivity contribution < 1.29 is 23.9 Å². The average Bonchev–Trinajstić information content (AvgIpc) is 2.83. The molecule has 7 heteroatoms. The Morgan fingerprint density at radius 1 is 0.848 bits per heavy atom. The minimum Gasteiger partial charge on any atom is -0.497 e. The van der Waals surface area contributed by atoms with E-state index in [4.69, 9.17) is 21.1 Å². The van der Waals surface area contributed by atoms with Crippen molar-refractivity contribution in [2.45, 2.75) is 18.8 Å². The lowest BCUT2D eigenvalue weighted by Crippen LogP contribution is -2.24. The highest BCUT2D eigenvalue weighted by Crippen LogP contribution is 2.27. The lowest BCUT2D eigenvalue weighted by Gasteiger charge is -2.16. The van der Waals surface area contributed by atoms with Gasteiger partial charge >= 0.3 is 0 Å². The van der Waals surface area contributed by atoms with Gasteiger partial charge in [0, 0.05) is 29.1 Å². The number of methoxy groups -OCH3 is 2. The molecule has 0 radical (unpaired) electrons. The molecule has 1 atom stereocenters. The fourth-order valence-electron chi connectivity index (χ4n) is 3.37. The van der Waals surface area contributed by atoms with Crippen LogP contribution in [0.15, 0.2) is 72.8 Å². The van der Waals surface area contributed by atoms with Crippen molar-refractivity contribution in [2.75, 3.05) is 19.5 Å². The molecular weight excluding hydrogens is 442 g/mol.